The first kappa shape index (κ1) is 21.5. The van der Waals surface area contributed by atoms with Gasteiger partial charge in [-0.25, -0.2) is 4.39 Å². The molecule has 2 aromatic carbocycles. The van der Waals surface area contributed by atoms with Crippen LogP contribution >= 0.6 is 27.7 Å². The third-order valence-electron chi connectivity index (χ3n) is 4.33. The van der Waals surface area contributed by atoms with Crippen LogP contribution in [-0.2, 0) is 4.79 Å². The van der Waals surface area contributed by atoms with Crippen LogP contribution in [0.4, 0.5) is 10.1 Å². The zero-order valence-electron chi connectivity index (χ0n) is 16.3. The van der Waals surface area contributed by atoms with Crippen molar-refractivity contribution in [2.75, 3.05) is 25.2 Å². The molecule has 0 aliphatic carbocycles. The SMILES string of the molecule is CC(c1nnc(SCC(=O)Nc2cccc(Br)c2)n1-c1ccc(F)cc1)N(C)C. The normalized spacial score (nSPS) is 12.2. The van der Waals surface area contributed by atoms with Crippen molar-refractivity contribution < 1.29 is 9.18 Å². The number of amides is 1. The Kier molecular flexibility index (Phi) is 7.05. The molecule has 3 aromatic rings. The minimum absolute atomic E-state index is 0.0163. The number of benzene rings is 2. The second-order valence-electron chi connectivity index (χ2n) is 6.64. The molecule has 6 nitrogen and oxygen atoms in total. The van der Waals surface area contributed by atoms with Gasteiger partial charge < -0.3 is 5.32 Å². The van der Waals surface area contributed by atoms with Crippen LogP contribution in [0.2, 0.25) is 0 Å². The van der Waals surface area contributed by atoms with Gasteiger partial charge in [-0.05, 0) is 63.5 Å². The molecule has 1 unspecified atom stereocenters. The highest BCUT2D eigenvalue weighted by molar-refractivity contribution is 9.10. The quantitative estimate of drug-likeness (QED) is 0.506. The van der Waals surface area contributed by atoms with E-state index in [1.54, 1.807) is 12.1 Å². The predicted octanol–water partition coefficient (Wildman–Crippen LogP) is 4.52. The molecular weight excluding hydrogens is 457 g/mol. The zero-order valence-corrected chi connectivity index (χ0v) is 18.7. The Labute approximate surface area is 181 Å². The van der Waals surface area contributed by atoms with Crippen LogP contribution in [0.5, 0.6) is 0 Å². The van der Waals surface area contributed by atoms with Crippen molar-refractivity contribution in [3.05, 3.63) is 64.6 Å². The number of thioether (sulfide) groups is 1. The van der Waals surface area contributed by atoms with Crippen molar-refractivity contribution in [1.82, 2.24) is 19.7 Å². The van der Waals surface area contributed by atoms with Crippen molar-refractivity contribution in [3.8, 4) is 5.69 Å². The van der Waals surface area contributed by atoms with Gasteiger partial charge in [0.05, 0.1) is 11.8 Å². The van der Waals surface area contributed by atoms with E-state index in [1.807, 2.05) is 54.8 Å². The molecule has 0 bridgehead atoms. The van der Waals surface area contributed by atoms with E-state index < -0.39 is 0 Å². The molecule has 1 N–H and O–H groups in total. The van der Waals surface area contributed by atoms with Crippen LogP contribution in [0.25, 0.3) is 5.69 Å². The Hall–Kier alpha value is -2.23. The smallest absolute Gasteiger partial charge is 0.234 e. The maximum atomic E-state index is 13.4. The van der Waals surface area contributed by atoms with E-state index in [4.69, 9.17) is 0 Å². The lowest BCUT2D eigenvalue weighted by molar-refractivity contribution is -0.113. The number of carbonyl (C=O) groups excluding carboxylic acids is 1. The minimum atomic E-state index is -0.313. The Balaban J connectivity index is 1.81. The van der Waals surface area contributed by atoms with E-state index in [0.29, 0.717) is 10.8 Å². The van der Waals surface area contributed by atoms with Gasteiger partial charge in [0.15, 0.2) is 11.0 Å². The maximum absolute atomic E-state index is 13.4. The van der Waals surface area contributed by atoms with Gasteiger partial charge in [-0.3, -0.25) is 14.3 Å². The van der Waals surface area contributed by atoms with Crippen LogP contribution in [-0.4, -0.2) is 45.4 Å². The summed E-state index contributed by atoms with van der Waals surface area (Å²) in [5.41, 5.74) is 1.46. The van der Waals surface area contributed by atoms with Gasteiger partial charge in [0, 0.05) is 15.8 Å². The predicted molar refractivity (Wildman–Crippen MR) is 117 cm³/mol. The molecule has 1 aromatic heterocycles. The summed E-state index contributed by atoms with van der Waals surface area (Å²) in [6.07, 6.45) is 0. The van der Waals surface area contributed by atoms with Crippen molar-refractivity contribution in [1.29, 1.82) is 0 Å². The molecule has 0 saturated carbocycles. The van der Waals surface area contributed by atoms with E-state index in [9.17, 15) is 9.18 Å². The van der Waals surface area contributed by atoms with Gasteiger partial charge in [0.1, 0.15) is 5.82 Å². The van der Waals surface area contributed by atoms with E-state index in [0.717, 1.165) is 16.0 Å². The van der Waals surface area contributed by atoms with Crippen molar-refractivity contribution in [2.45, 2.75) is 18.1 Å². The maximum Gasteiger partial charge on any atom is 0.234 e. The van der Waals surface area contributed by atoms with Crippen molar-refractivity contribution in [2.24, 2.45) is 0 Å². The van der Waals surface area contributed by atoms with Crippen LogP contribution < -0.4 is 5.32 Å². The average molecular weight is 478 g/mol. The Morgan fingerprint density at radius 1 is 1.24 bits per heavy atom. The number of hydrogen-bond acceptors (Lipinski definition) is 5. The van der Waals surface area contributed by atoms with Gasteiger partial charge in [-0.2, -0.15) is 0 Å². The number of halogens is 2. The molecule has 9 heteroatoms. The summed E-state index contributed by atoms with van der Waals surface area (Å²) < 4.78 is 16.1. The Morgan fingerprint density at radius 3 is 2.62 bits per heavy atom. The minimum Gasteiger partial charge on any atom is -0.325 e. The molecule has 1 atom stereocenters. The Morgan fingerprint density at radius 2 is 1.97 bits per heavy atom. The van der Waals surface area contributed by atoms with Crippen LogP contribution in [0.1, 0.15) is 18.8 Å². The van der Waals surface area contributed by atoms with Crippen molar-refractivity contribution in [3.63, 3.8) is 0 Å². The van der Waals surface area contributed by atoms with E-state index >= 15 is 0 Å². The average Bonchev–Trinajstić information content (AvgIpc) is 3.10. The fourth-order valence-corrected chi connectivity index (χ4v) is 3.76. The second-order valence-corrected chi connectivity index (χ2v) is 8.50. The Bertz CT molecular complexity index is 993. The highest BCUT2D eigenvalue weighted by Gasteiger charge is 2.21. The summed E-state index contributed by atoms with van der Waals surface area (Å²) in [6, 6.07) is 13.5. The van der Waals surface area contributed by atoms with Gasteiger partial charge in [0.2, 0.25) is 5.91 Å². The molecule has 0 fully saturated rings. The fourth-order valence-electron chi connectivity index (χ4n) is 2.60. The van der Waals surface area contributed by atoms with Crippen LogP contribution in [0.3, 0.4) is 0 Å². The lowest BCUT2D eigenvalue weighted by Gasteiger charge is -2.20. The molecule has 0 saturated heterocycles. The van der Waals surface area contributed by atoms with E-state index in [-0.39, 0.29) is 23.5 Å². The third-order valence-corrected chi connectivity index (χ3v) is 5.75. The number of nitrogens with one attached hydrogen (secondary N) is 1. The van der Waals surface area contributed by atoms with Crippen LogP contribution in [0.15, 0.2) is 58.2 Å². The molecule has 1 heterocycles. The number of rotatable bonds is 7. The number of hydrogen-bond donors (Lipinski definition) is 1. The summed E-state index contributed by atoms with van der Waals surface area (Å²) in [5.74, 6) is 0.425. The van der Waals surface area contributed by atoms with E-state index in [1.165, 1.54) is 23.9 Å². The van der Waals surface area contributed by atoms with Gasteiger partial charge in [-0.1, -0.05) is 33.8 Å². The first-order chi connectivity index (χ1) is 13.8. The topological polar surface area (TPSA) is 63.1 Å². The van der Waals surface area contributed by atoms with Crippen molar-refractivity contribution >= 4 is 39.3 Å². The number of anilines is 1. The first-order valence-corrected chi connectivity index (χ1v) is 10.7. The highest BCUT2D eigenvalue weighted by Crippen LogP contribution is 2.27. The molecule has 29 heavy (non-hydrogen) atoms. The van der Waals surface area contributed by atoms with Gasteiger partial charge in [-0.15, -0.1) is 10.2 Å². The first-order valence-electron chi connectivity index (χ1n) is 8.91. The number of nitrogens with zero attached hydrogens (tertiary/aromatic N) is 4. The molecule has 3 rings (SSSR count). The summed E-state index contributed by atoms with van der Waals surface area (Å²) in [7, 11) is 3.90. The summed E-state index contributed by atoms with van der Waals surface area (Å²) in [6.45, 7) is 2.01. The second kappa shape index (κ2) is 9.51. The standard InChI is InChI=1S/C20H21BrFN5OS/c1-13(26(2)3)19-24-25-20(27(19)17-9-7-15(22)8-10-17)29-12-18(28)23-16-6-4-5-14(21)11-16/h4-11,13H,12H2,1-3H3,(H,23,28). The number of aromatic nitrogens is 3. The number of carbonyl (C=O) groups is 1. The van der Waals surface area contributed by atoms with Crippen LogP contribution in [0, 0.1) is 5.82 Å². The molecule has 152 valence electrons. The third kappa shape index (κ3) is 5.43. The van der Waals surface area contributed by atoms with Gasteiger partial charge >= 0.3 is 0 Å². The summed E-state index contributed by atoms with van der Waals surface area (Å²) in [4.78, 5) is 14.4. The molecule has 0 aliphatic rings. The lowest BCUT2D eigenvalue weighted by atomic mass is 10.2. The molecule has 1 amide bonds. The molecule has 0 spiro atoms. The summed E-state index contributed by atoms with van der Waals surface area (Å²) in [5, 5.41) is 12.0. The summed E-state index contributed by atoms with van der Waals surface area (Å²) >= 11 is 4.67. The lowest BCUT2D eigenvalue weighted by Crippen LogP contribution is -2.21. The highest BCUT2D eigenvalue weighted by atomic mass is 79.9. The molecule has 0 aliphatic heterocycles. The zero-order chi connectivity index (χ0) is 21.0. The molecule has 0 radical (unpaired) electrons. The van der Waals surface area contributed by atoms with E-state index in [2.05, 4.69) is 31.4 Å². The fraction of sp³-hybridized carbons (Fsp3) is 0.250. The van der Waals surface area contributed by atoms with Gasteiger partial charge in [0.25, 0.3) is 0 Å². The monoisotopic (exact) mass is 477 g/mol. The molecular formula is C20H21BrFN5OS. The largest absolute Gasteiger partial charge is 0.325 e.